The molecule has 0 saturated heterocycles. The van der Waals surface area contributed by atoms with E-state index >= 15 is 0 Å². The first-order chi connectivity index (χ1) is 6.98. The van der Waals surface area contributed by atoms with Crippen LogP contribution in [0.15, 0.2) is 0 Å². The van der Waals surface area contributed by atoms with Crippen LogP contribution in [0.5, 0.6) is 0 Å². The molecule has 0 spiro atoms. The van der Waals surface area contributed by atoms with Crippen molar-refractivity contribution in [2.24, 2.45) is 0 Å². The van der Waals surface area contributed by atoms with Crippen LogP contribution < -0.4 is 9.44 Å². The minimum atomic E-state index is -3.32. The zero-order chi connectivity index (χ0) is 11.7. The van der Waals surface area contributed by atoms with Crippen LogP contribution in [0, 0.1) is 0 Å². The lowest BCUT2D eigenvalue weighted by atomic mass is 10.1. The normalized spacial score (nSPS) is 11.5. The molecule has 0 radical (unpaired) electrons. The maximum absolute atomic E-state index is 10.9. The molecule has 3 N–H and O–H groups in total. The number of hydrogen-bond acceptors (Lipinski definition) is 3. The summed E-state index contributed by atoms with van der Waals surface area (Å²) in [5, 5.41) is 8.35. The molecule has 0 unspecified atom stereocenters. The zero-order valence-electron chi connectivity index (χ0n) is 8.82. The van der Waals surface area contributed by atoms with Crippen molar-refractivity contribution in [3.63, 3.8) is 0 Å². The van der Waals surface area contributed by atoms with E-state index in [4.69, 9.17) is 5.11 Å². The number of carbonyl (C=O) groups is 1. The average Bonchev–Trinajstić information content (AvgIpc) is 2.16. The smallest absolute Gasteiger partial charge is 0.303 e. The highest BCUT2D eigenvalue weighted by Crippen LogP contribution is 2.02. The Labute approximate surface area is 90.2 Å². The number of nitrogens with one attached hydrogen (secondary N) is 2. The summed E-state index contributed by atoms with van der Waals surface area (Å²) in [6, 6.07) is 0. The summed E-state index contributed by atoms with van der Waals surface area (Å²) < 4.78 is 26.2. The molecule has 0 heterocycles. The molecule has 0 amide bonds. The molecule has 0 aliphatic heterocycles. The van der Waals surface area contributed by atoms with E-state index in [9.17, 15) is 13.2 Å². The topological polar surface area (TPSA) is 95.5 Å². The lowest BCUT2D eigenvalue weighted by Crippen LogP contribution is -2.34. The standard InChI is InChI=1S/C8H18N2O4S/c1-9-15(13,14)10-7-5-3-2-4-6-8(11)12/h9-10H,2-7H2,1H3,(H,11,12). The molecule has 0 atom stereocenters. The van der Waals surface area contributed by atoms with Gasteiger partial charge in [0.15, 0.2) is 0 Å². The fourth-order valence-corrected chi connectivity index (χ4v) is 1.59. The first-order valence-electron chi connectivity index (χ1n) is 4.88. The van der Waals surface area contributed by atoms with Crippen LogP contribution in [0.1, 0.15) is 32.1 Å². The number of unbranched alkanes of at least 4 members (excludes halogenated alkanes) is 3. The lowest BCUT2D eigenvalue weighted by Gasteiger charge is -2.04. The van der Waals surface area contributed by atoms with Gasteiger partial charge in [-0.1, -0.05) is 12.8 Å². The monoisotopic (exact) mass is 238 g/mol. The molecule has 0 aliphatic carbocycles. The molecule has 0 fully saturated rings. The van der Waals surface area contributed by atoms with Crippen molar-refractivity contribution in [1.82, 2.24) is 9.44 Å². The van der Waals surface area contributed by atoms with Crippen molar-refractivity contribution >= 4 is 16.2 Å². The van der Waals surface area contributed by atoms with E-state index in [0.29, 0.717) is 13.0 Å². The van der Waals surface area contributed by atoms with Gasteiger partial charge in [-0.2, -0.15) is 8.42 Å². The van der Waals surface area contributed by atoms with Crippen molar-refractivity contribution in [2.45, 2.75) is 32.1 Å². The molecule has 0 aromatic heterocycles. The van der Waals surface area contributed by atoms with E-state index in [2.05, 4.69) is 9.44 Å². The highest BCUT2D eigenvalue weighted by atomic mass is 32.2. The Kier molecular flexibility index (Phi) is 7.27. The first kappa shape index (κ1) is 14.3. The maximum Gasteiger partial charge on any atom is 0.303 e. The average molecular weight is 238 g/mol. The number of rotatable bonds is 9. The van der Waals surface area contributed by atoms with E-state index in [0.717, 1.165) is 19.3 Å². The number of carboxylic acid groups (broad SMARTS) is 1. The Balaban J connectivity index is 3.29. The molecule has 0 rings (SSSR count). The van der Waals surface area contributed by atoms with Crippen molar-refractivity contribution < 1.29 is 18.3 Å². The van der Waals surface area contributed by atoms with Gasteiger partial charge in [0.2, 0.25) is 0 Å². The van der Waals surface area contributed by atoms with Crippen LogP contribution in [-0.4, -0.2) is 33.1 Å². The molecular formula is C8H18N2O4S. The van der Waals surface area contributed by atoms with Gasteiger partial charge in [-0.15, -0.1) is 0 Å². The third kappa shape index (κ3) is 9.64. The van der Waals surface area contributed by atoms with E-state index in [1.807, 2.05) is 0 Å². The summed E-state index contributed by atoms with van der Waals surface area (Å²) >= 11 is 0. The Morgan fingerprint density at radius 1 is 1.20 bits per heavy atom. The van der Waals surface area contributed by atoms with Crippen LogP contribution in [0.2, 0.25) is 0 Å². The van der Waals surface area contributed by atoms with Gasteiger partial charge in [0.1, 0.15) is 0 Å². The van der Waals surface area contributed by atoms with Crippen LogP contribution in [-0.2, 0) is 15.0 Å². The second-order valence-electron chi connectivity index (χ2n) is 3.16. The molecule has 6 nitrogen and oxygen atoms in total. The fourth-order valence-electron chi connectivity index (χ4n) is 1.03. The van der Waals surface area contributed by atoms with Crippen LogP contribution in [0.3, 0.4) is 0 Å². The van der Waals surface area contributed by atoms with Crippen LogP contribution in [0.25, 0.3) is 0 Å². The maximum atomic E-state index is 10.9. The van der Waals surface area contributed by atoms with Gasteiger partial charge in [-0.25, -0.2) is 9.44 Å². The molecule has 0 saturated carbocycles. The van der Waals surface area contributed by atoms with Gasteiger partial charge in [0.05, 0.1) is 0 Å². The first-order valence-corrected chi connectivity index (χ1v) is 6.36. The quantitative estimate of drug-likeness (QED) is 0.495. The molecule has 0 bridgehead atoms. The molecule has 7 heteroatoms. The summed E-state index contributed by atoms with van der Waals surface area (Å²) in [6.07, 6.45) is 3.20. The molecule has 0 aromatic rings. The largest absolute Gasteiger partial charge is 0.481 e. The van der Waals surface area contributed by atoms with Crippen molar-refractivity contribution in [3.05, 3.63) is 0 Å². The minimum absolute atomic E-state index is 0.183. The molecule has 90 valence electrons. The summed E-state index contributed by atoms with van der Waals surface area (Å²) in [6.45, 7) is 0.385. The zero-order valence-corrected chi connectivity index (χ0v) is 9.64. The Hall–Kier alpha value is -0.660. The second-order valence-corrected chi connectivity index (χ2v) is 4.86. The Morgan fingerprint density at radius 3 is 2.33 bits per heavy atom. The highest BCUT2D eigenvalue weighted by molar-refractivity contribution is 7.87. The number of hydrogen-bond donors (Lipinski definition) is 3. The Bertz CT molecular complexity index is 276. The van der Waals surface area contributed by atoms with Crippen molar-refractivity contribution in [1.29, 1.82) is 0 Å². The number of aliphatic carboxylic acids is 1. The summed E-state index contributed by atoms with van der Waals surface area (Å²) in [5.41, 5.74) is 0. The van der Waals surface area contributed by atoms with Gasteiger partial charge in [-0.05, 0) is 12.8 Å². The second kappa shape index (κ2) is 7.61. The van der Waals surface area contributed by atoms with Gasteiger partial charge in [0.25, 0.3) is 10.2 Å². The van der Waals surface area contributed by atoms with Gasteiger partial charge in [0, 0.05) is 20.0 Å². The van der Waals surface area contributed by atoms with Gasteiger partial charge in [-0.3, -0.25) is 4.79 Å². The molecule has 15 heavy (non-hydrogen) atoms. The van der Waals surface area contributed by atoms with E-state index < -0.39 is 16.2 Å². The number of carboxylic acids is 1. The molecular weight excluding hydrogens is 220 g/mol. The van der Waals surface area contributed by atoms with Crippen LogP contribution in [0.4, 0.5) is 0 Å². The minimum Gasteiger partial charge on any atom is -0.481 e. The summed E-state index contributed by atoms with van der Waals surface area (Å²) in [7, 11) is -1.98. The molecule has 0 aromatic carbocycles. The van der Waals surface area contributed by atoms with Crippen molar-refractivity contribution in [2.75, 3.05) is 13.6 Å². The van der Waals surface area contributed by atoms with Crippen LogP contribution >= 0.6 is 0 Å². The van der Waals surface area contributed by atoms with Gasteiger partial charge >= 0.3 is 5.97 Å². The summed E-state index contributed by atoms with van der Waals surface area (Å²) in [5.74, 6) is -0.786. The third-order valence-electron chi connectivity index (χ3n) is 1.88. The van der Waals surface area contributed by atoms with E-state index in [1.54, 1.807) is 0 Å². The van der Waals surface area contributed by atoms with E-state index in [-0.39, 0.29) is 6.42 Å². The molecule has 0 aliphatic rings. The Morgan fingerprint density at radius 2 is 1.80 bits per heavy atom. The predicted molar refractivity (Wildman–Crippen MR) is 56.7 cm³/mol. The predicted octanol–water partition coefficient (Wildman–Crippen LogP) is 0.0753. The summed E-state index contributed by atoms with van der Waals surface area (Å²) in [4.78, 5) is 10.2. The van der Waals surface area contributed by atoms with E-state index in [1.165, 1.54) is 7.05 Å². The van der Waals surface area contributed by atoms with Crippen molar-refractivity contribution in [3.8, 4) is 0 Å². The lowest BCUT2D eigenvalue weighted by molar-refractivity contribution is -0.137. The highest BCUT2D eigenvalue weighted by Gasteiger charge is 2.03. The fraction of sp³-hybridized carbons (Fsp3) is 0.875. The van der Waals surface area contributed by atoms with Gasteiger partial charge < -0.3 is 5.11 Å². The SMILES string of the molecule is CNS(=O)(=O)NCCCCCCC(=O)O. The third-order valence-corrected chi connectivity index (χ3v) is 3.00.